The Kier molecular flexibility index (Phi) is 5.36. The lowest BCUT2D eigenvalue weighted by Gasteiger charge is -2.23. The van der Waals surface area contributed by atoms with Crippen molar-refractivity contribution in [1.29, 1.82) is 0 Å². The third-order valence-corrected chi connectivity index (χ3v) is 4.03. The van der Waals surface area contributed by atoms with Crippen LogP contribution in [0.5, 0.6) is 0 Å². The first kappa shape index (κ1) is 20.1. The van der Waals surface area contributed by atoms with Gasteiger partial charge < -0.3 is 15.5 Å². The average Bonchev–Trinajstić information content (AvgIpc) is 3.13. The molecule has 0 radical (unpaired) electrons. The summed E-state index contributed by atoms with van der Waals surface area (Å²) in [6, 6.07) is 12.7. The number of nitrogens with one attached hydrogen (secondary N) is 1. The molecule has 1 aromatic carbocycles. The van der Waals surface area contributed by atoms with E-state index in [1.807, 2.05) is 30.3 Å². The summed E-state index contributed by atoms with van der Waals surface area (Å²) in [5.41, 5.74) is 7.80. The molecule has 0 bridgehead atoms. The minimum absolute atomic E-state index is 0.174. The summed E-state index contributed by atoms with van der Waals surface area (Å²) in [6.45, 7) is 5.35. The van der Waals surface area contributed by atoms with Crippen molar-refractivity contribution in [1.82, 2.24) is 15.0 Å². The summed E-state index contributed by atoms with van der Waals surface area (Å²) in [5, 5.41) is 0. The summed E-state index contributed by atoms with van der Waals surface area (Å²) >= 11 is 0. The van der Waals surface area contributed by atoms with Crippen LogP contribution in [0.15, 0.2) is 48.7 Å². The first-order valence-corrected chi connectivity index (χ1v) is 9.04. The molecule has 3 aromatic rings. The van der Waals surface area contributed by atoms with Gasteiger partial charge in [-0.15, -0.1) is 0 Å². The normalized spacial score (nSPS) is 11.2. The van der Waals surface area contributed by atoms with Crippen molar-refractivity contribution < 1.29 is 14.3 Å². The molecular weight excluding hydrogens is 370 g/mol. The first-order valence-electron chi connectivity index (χ1n) is 9.04. The van der Waals surface area contributed by atoms with Crippen molar-refractivity contribution >= 4 is 17.9 Å². The maximum Gasteiger partial charge on any atom is 0.416 e. The van der Waals surface area contributed by atoms with Crippen LogP contribution >= 0.6 is 0 Å². The van der Waals surface area contributed by atoms with Crippen molar-refractivity contribution in [3.8, 4) is 22.6 Å². The molecule has 150 valence electrons. The van der Waals surface area contributed by atoms with Gasteiger partial charge in [0, 0.05) is 13.2 Å². The Bertz CT molecular complexity index is 1040. The van der Waals surface area contributed by atoms with E-state index in [9.17, 15) is 9.59 Å². The Balaban J connectivity index is 1.97. The monoisotopic (exact) mass is 393 g/mol. The lowest BCUT2D eigenvalue weighted by atomic mass is 10.1. The van der Waals surface area contributed by atoms with Gasteiger partial charge in [-0.05, 0) is 38.5 Å². The number of hydrogen-bond acceptors (Lipinski definition) is 5. The van der Waals surface area contributed by atoms with E-state index in [0.29, 0.717) is 22.6 Å². The fourth-order valence-corrected chi connectivity index (χ4v) is 2.69. The predicted octanol–water partition coefficient (Wildman–Crippen LogP) is 3.61. The molecule has 8 heteroatoms. The summed E-state index contributed by atoms with van der Waals surface area (Å²) in [6.07, 6.45) is 0.967. The van der Waals surface area contributed by atoms with Crippen LogP contribution in [0.4, 0.5) is 10.7 Å². The SMILES string of the molecule is CN(C(=O)OC(C)(C)C)c1nccc(-c2cc(C(N)=O)c(-c3ccccc3)[nH]2)n1. The molecule has 2 amide bonds. The number of carbonyl (C=O) groups excluding carboxylic acids is 2. The van der Waals surface area contributed by atoms with Gasteiger partial charge in [-0.2, -0.15) is 0 Å². The zero-order valence-electron chi connectivity index (χ0n) is 16.8. The number of ether oxygens (including phenoxy) is 1. The number of benzene rings is 1. The quantitative estimate of drug-likeness (QED) is 0.703. The van der Waals surface area contributed by atoms with Gasteiger partial charge in [-0.1, -0.05) is 30.3 Å². The zero-order valence-corrected chi connectivity index (χ0v) is 16.8. The van der Waals surface area contributed by atoms with Crippen LogP contribution < -0.4 is 10.6 Å². The average molecular weight is 393 g/mol. The molecule has 0 fully saturated rings. The molecule has 3 rings (SSSR count). The Hall–Kier alpha value is -3.68. The highest BCUT2D eigenvalue weighted by Crippen LogP contribution is 2.28. The topological polar surface area (TPSA) is 114 Å². The molecule has 0 aliphatic heterocycles. The van der Waals surface area contributed by atoms with Gasteiger partial charge in [0.15, 0.2) is 0 Å². The number of aromatic amines is 1. The van der Waals surface area contributed by atoms with E-state index >= 15 is 0 Å². The molecule has 29 heavy (non-hydrogen) atoms. The third-order valence-electron chi connectivity index (χ3n) is 4.03. The van der Waals surface area contributed by atoms with Gasteiger partial charge in [0.1, 0.15) is 5.60 Å². The van der Waals surface area contributed by atoms with E-state index in [-0.39, 0.29) is 5.95 Å². The standard InChI is InChI=1S/C21H23N5O3/c1-21(2,3)29-20(28)26(4)19-23-11-10-15(25-19)16-12-14(18(22)27)17(24-16)13-8-6-5-7-9-13/h5-12,24H,1-4H3,(H2,22,27). The number of hydrogen-bond donors (Lipinski definition) is 2. The van der Waals surface area contributed by atoms with Crippen LogP contribution in [0.2, 0.25) is 0 Å². The second-order valence-electron chi connectivity index (χ2n) is 7.48. The van der Waals surface area contributed by atoms with Gasteiger partial charge in [0.25, 0.3) is 5.91 Å². The summed E-state index contributed by atoms with van der Waals surface area (Å²) < 4.78 is 5.35. The molecule has 0 spiro atoms. The largest absolute Gasteiger partial charge is 0.443 e. The van der Waals surface area contributed by atoms with Gasteiger partial charge in [0.2, 0.25) is 5.95 Å². The summed E-state index contributed by atoms with van der Waals surface area (Å²) in [5.74, 6) is -0.375. The van der Waals surface area contributed by atoms with Crippen LogP contribution in [-0.4, -0.2) is 39.6 Å². The molecule has 8 nitrogen and oxygen atoms in total. The number of primary amides is 1. The maximum atomic E-state index is 12.3. The molecule has 0 unspecified atom stereocenters. The van der Waals surface area contributed by atoms with Gasteiger partial charge in [-0.3, -0.25) is 4.79 Å². The summed E-state index contributed by atoms with van der Waals surface area (Å²) in [4.78, 5) is 37.2. The lowest BCUT2D eigenvalue weighted by molar-refractivity contribution is 0.0587. The smallest absolute Gasteiger partial charge is 0.416 e. The molecule has 0 saturated heterocycles. The molecule has 2 heterocycles. The van der Waals surface area contributed by atoms with Crippen molar-refractivity contribution in [3.63, 3.8) is 0 Å². The number of anilines is 1. The molecular formula is C21H23N5O3. The number of H-pyrrole nitrogens is 1. The van der Waals surface area contributed by atoms with Crippen LogP contribution in [-0.2, 0) is 4.74 Å². The number of amides is 2. The van der Waals surface area contributed by atoms with Crippen LogP contribution in [0.25, 0.3) is 22.6 Å². The molecule has 0 saturated carbocycles. The molecule has 0 aliphatic carbocycles. The molecule has 0 aliphatic rings. The first-order chi connectivity index (χ1) is 13.7. The van der Waals surface area contributed by atoms with Crippen molar-refractivity contribution in [2.24, 2.45) is 5.73 Å². The number of nitrogens with two attached hydrogens (primary N) is 1. The third kappa shape index (κ3) is 4.60. The number of rotatable bonds is 4. The molecule has 2 aromatic heterocycles. The number of aromatic nitrogens is 3. The highest BCUT2D eigenvalue weighted by atomic mass is 16.6. The van der Waals surface area contributed by atoms with E-state index in [2.05, 4.69) is 15.0 Å². The van der Waals surface area contributed by atoms with Crippen LogP contribution in [0.1, 0.15) is 31.1 Å². The van der Waals surface area contributed by atoms with Crippen LogP contribution in [0, 0.1) is 0 Å². The van der Waals surface area contributed by atoms with E-state index in [4.69, 9.17) is 10.5 Å². The lowest BCUT2D eigenvalue weighted by Crippen LogP contribution is -2.35. The van der Waals surface area contributed by atoms with Gasteiger partial charge in [0.05, 0.1) is 22.6 Å². The Morgan fingerprint density at radius 2 is 1.83 bits per heavy atom. The van der Waals surface area contributed by atoms with E-state index in [0.717, 1.165) is 5.56 Å². The van der Waals surface area contributed by atoms with Gasteiger partial charge >= 0.3 is 6.09 Å². The van der Waals surface area contributed by atoms with E-state index in [1.54, 1.807) is 32.9 Å². The molecule has 0 atom stereocenters. The maximum absolute atomic E-state index is 12.3. The highest BCUT2D eigenvalue weighted by molar-refractivity contribution is 6.00. The minimum Gasteiger partial charge on any atom is -0.443 e. The molecule has 3 N–H and O–H groups in total. The zero-order chi connectivity index (χ0) is 21.2. The fourth-order valence-electron chi connectivity index (χ4n) is 2.69. The Morgan fingerprint density at radius 1 is 1.14 bits per heavy atom. The highest BCUT2D eigenvalue weighted by Gasteiger charge is 2.23. The minimum atomic E-state index is -0.636. The van der Waals surface area contributed by atoms with Crippen molar-refractivity contribution in [3.05, 3.63) is 54.2 Å². The summed E-state index contributed by atoms with van der Waals surface area (Å²) in [7, 11) is 1.53. The van der Waals surface area contributed by atoms with Crippen molar-refractivity contribution in [2.45, 2.75) is 26.4 Å². The fraction of sp³-hybridized carbons (Fsp3) is 0.238. The van der Waals surface area contributed by atoms with Crippen molar-refractivity contribution in [2.75, 3.05) is 11.9 Å². The van der Waals surface area contributed by atoms with Crippen LogP contribution in [0.3, 0.4) is 0 Å². The van der Waals surface area contributed by atoms with E-state index in [1.165, 1.54) is 18.1 Å². The van der Waals surface area contributed by atoms with E-state index < -0.39 is 17.6 Å². The second kappa shape index (κ2) is 7.75. The second-order valence-corrected chi connectivity index (χ2v) is 7.48. The Labute approximate surface area is 168 Å². The Morgan fingerprint density at radius 3 is 2.45 bits per heavy atom. The predicted molar refractivity (Wildman–Crippen MR) is 110 cm³/mol. The van der Waals surface area contributed by atoms with Gasteiger partial charge in [-0.25, -0.2) is 19.7 Å². The number of nitrogens with zero attached hydrogens (tertiary/aromatic N) is 3. The number of carbonyl (C=O) groups is 2.